The van der Waals surface area contributed by atoms with Gasteiger partial charge in [0.05, 0.1) is 10.6 Å². The van der Waals surface area contributed by atoms with Crippen LogP contribution in [0.2, 0.25) is 5.02 Å². The molecule has 0 saturated carbocycles. The Hall–Kier alpha value is -1.54. The van der Waals surface area contributed by atoms with Gasteiger partial charge in [-0.15, -0.1) is 0 Å². The van der Waals surface area contributed by atoms with Gasteiger partial charge >= 0.3 is 6.18 Å². The van der Waals surface area contributed by atoms with E-state index in [2.05, 4.69) is 15.6 Å². The first kappa shape index (κ1) is 18.8. The second-order valence-electron chi connectivity index (χ2n) is 5.67. The third-order valence-corrected chi connectivity index (χ3v) is 4.23. The monoisotopic (exact) mass is 364 g/mol. The Morgan fingerprint density at radius 1 is 1.50 bits per heavy atom. The van der Waals surface area contributed by atoms with E-state index in [1.54, 1.807) is 0 Å². The number of hydrogen-bond acceptors (Lipinski definition) is 4. The van der Waals surface area contributed by atoms with Gasteiger partial charge in [0, 0.05) is 38.3 Å². The summed E-state index contributed by atoms with van der Waals surface area (Å²) in [6.07, 6.45) is -1.56. The van der Waals surface area contributed by atoms with Crippen LogP contribution in [0.15, 0.2) is 12.3 Å². The average Bonchev–Trinajstić information content (AvgIpc) is 2.96. The van der Waals surface area contributed by atoms with Crippen molar-refractivity contribution in [1.82, 2.24) is 15.2 Å². The van der Waals surface area contributed by atoms with Crippen molar-refractivity contribution < 1.29 is 18.0 Å². The first-order chi connectivity index (χ1) is 11.3. The molecule has 2 N–H and O–H groups in total. The lowest BCUT2D eigenvalue weighted by molar-refractivity contribution is -0.137. The highest BCUT2D eigenvalue weighted by atomic mass is 35.5. The number of aromatic nitrogens is 1. The van der Waals surface area contributed by atoms with Crippen LogP contribution in [-0.4, -0.2) is 48.5 Å². The Morgan fingerprint density at radius 2 is 2.25 bits per heavy atom. The number of nitrogens with zero attached hydrogens (tertiary/aromatic N) is 2. The number of likely N-dealkylation sites (tertiary alicyclic amines) is 1. The SMILES string of the molecule is CNCC1CCCN1C(=O)CCNc1ncc(C(F)(F)F)cc1Cl. The maximum atomic E-state index is 12.6. The summed E-state index contributed by atoms with van der Waals surface area (Å²) in [5.41, 5.74) is -0.902. The zero-order chi connectivity index (χ0) is 17.7. The molecule has 2 rings (SSSR count). The van der Waals surface area contributed by atoms with Gasteiger partial charge in [-0.05, 0) is 26.0 Å². The van der Waals surface area contributed by atoms with Crippen molar-refractivity contribution in [2.45, 2.75) is 31.5 Å². The molecule has 24 heavy (non-hydrogen) atoms. The number of anilines is 1. The molecule has 1 unspecified atom stereocenters. The van der Waals surface area contributed by atoms with Gasteiger partial charge in [-0.3, -0.25) is 4.79 Å². The Labute approximate surface area is 143 Å². The number of likely N-dealkylation sites (N-methyl/N-ethyl adjacent to an activating group) is 1. The van der Waals surface area contributed by atoms with Crippen molar-refractivity contribution in [3.8, 4) is 0 Å². The third kappa shape index (κ3) is 4.73. The largest absolute Gasteiger partial charge is 0.417 e. The summed E-state index contributed by atoms with van der Waals surface area (Å²) in [6, 6.07) is 1.03. The summed E-state index contributed by atoms with van der Waals surface area (Å²) in [4.78, 5) is 17.8. The van der Waals surface area contributed by atoms with Gasteiger partial charge in [-0.2, -0.15) is 13.2 Å². The quantitative estimate of drug-likeness (QED) is 0.815. The molecule has 1 aromatic rings. The summed E-state index contributed by atoms with van der Waals surface area (Å²) < 4.78 is 37.7. The maximum Gasteiger partial charge on any atom is 0.417 e. The molecule has 1 aliphatic rings. The molecular weight excluding hydrogens is 345 g/mol. The van der Waals surface area contributed by atoms with Crippen LogP contribution >= 0.6 is 11.6 Å². The van der Waals surface area contributed by atoms with Crippen LogP contribution in [0.4, 0.5) is 19.0 Å². The van der Waals surface area contributed by atoms with Crippen molar-refractivity contribution >= 4 is 23.3 Å². The van der Waals surface area contributed by atoms with E-state index in [0.29, 0.717) is 0 Å². The van der Waals surface area contributed by atoms with Crippen LogP contribution in [0.25, 0.3) is 0 Å². The molecular formula is C15H20ClF3N4O. The molecule has 9 heteroatoms. The Morgan fingerprint density at radius 3 is 2.88 bits per heavy atom. The fraction of sp³-hybridized carbons (Fsp3) is 0.600. The smallest absolute Gasteiger partial charge is 0.368 e. The van der Waals surface area contributed by atoms with Crippen molar-refractivity contribution in [3.05, 3.63) is 22.8 Å². The van der Waals surface area contributed by atoms with E-state index in [-0.39, 0.29) is 35.8 Å². The molecule has 0 aromatic carbocycles. The zero-order valence-electron chi connectivity index (χ0n) is 13.3. The standard InChI is InChI=1S/C15H20ClF3N4O/c1-20-9-11-3-2-6-23(11)13(24)4-5-21-14-12(16)7-10(8-22-14)15(17,18)19/h7-8,11,20H,2-6,9H2,1H3,(H,21,22). The van der Waals surface area contributed by atoms with Crippen LogP contribution in [0.3, 0.4) is 0 Å². The van der Waals surface area contributed by atoms with Crippen LogP contribution < -0.4 is 10.6 Å². The Kier molecular flexibility index (Phi) is 6.28. The molecule has 5 nitrogen and oxygen atoms in total. The van der Waals surface area contributed by atoms with E-state index >= 15 is 0 Å². The third-order valence-electron chi connectivity index (χ3n) is 3.94. The number of carbonyl (C=O) groups is 1. The second kappa shape index (κ2) is 8.02. The van der Waals surface area contributed by atoms with Crippen molar-refractivity contribution in [2.24, 2.45) is 0 Å². The fourth-order valence-electron chi connectivity index (χ4n) is 2.77. The highest BCUT2D eigenvalue weighted by Crippen LogP contribution is 2.32. The molecule has 2 heterocycles. The van der Waals surface area contributed by atoms with E-state index in [1.807, 2.05) is 11.9 Å². The number of nitrogens with one attached hydrogen (secondary N) is 2. The summed E-state index contributed by atoms with van der Waals surface area (Å²) in [5, 5.41) is 5.77. The van der Waals surface area contributed by atoms with Crippen LogP contribution in [0.5, 0.6) is 0 Å². The molecule has 1 atom stereocenters. The van der Waals surface area contributed by atoms with E-state index in [9.17, 15) is 18.0 Å². The van der Waals surface area contributed by atoms with Gasteiger partial charge in [-0.1, -0.05) is 11.6 Å². The number of pyridine rings is 1. The van der Waals surface area contributed by atoms with Gasteiger partial charge < -0.3 is 15.5 Å². The number of alkyl halides is 3. The molecule has 1 aliphatic heterocycles. The van der Waals surface area contributed by atoms with Crippen LogP contribution in [-0.2, 0) is 11.0 Å². The van der Waals surface area contributed by atoms with Gasteiger partial charge in [0.15, 0.2) is 0 Å². The second-order valence-corrected chi connectivity index (χ2v) is 6.08. The minimum atomic E-state index is -4.48. The summed E-state index contributed by atoms with van der Waals surface area (Å²) >= 11 is 5.81. The number of amides is 1. The Bertz CT molecular complexity index is 582. The molecule has 134 valence electrons. The van der Waals surface area contributed by atoms with Gasteiger partial charge in [0.25, 0.3) is 0 Å². The lowest BCUT2D eigenvalue weighted by atomic mass is 10.2. The number of halogens is 4. The maximum absolute atomic E-state index is 12.6. The lowest BCUT2D eigenvalue weighted by Crippen LogP contribution is -2.41. The molecule has 1 saturated heterocycles. The zero-order valence-corrected chi connectivity index (χ0v) is 14.0. The van der Waals surface area contributed by atoms with E-state index in [1.165, 1.54) is 0 Å². The summed E-state index contributed by atoms with van der Waals surface area (Å²) in [6.45, 7) is 1.76. The highest BCUT2D eigenvalue weighted by molar-refractivity contribution is 6.32. The van der Waals surface area contributed by atoms with E-state index in [4.69, 9.17) is 11.6 Å². The predicted molar refractivity (Wildman–Crippen MR) is 86.0 cm³/mol. The van der Waals surface area contributed by atoms with Crippen LogP contribution in [0, 0.1) is 0 Å². The molecule has 0 spiro atoms. The van der Waals surface area contributed by atoms with Crippen LogP contribution in [0.1, 0.15) is 24.8 Å². The Balaban J connectivity index is 1.87. The molecule has 1 fully saturated rings. The van der Waals surface area contributed by atoms with Gasteiger partial charge in [-0.25, -0.2) is 4.98 Å². The van der Waals surface area contributed by atoms with Crippen molar-refractivity contribution in [2.75, 3.05) is 32.0 Å². The average molecular weight is 365 g/mol. The van der Waals surface area contributed by atoms with Gasteiger partial charge in [0.1, 0.15) is 5.82 Å². The first-order valence-electron chi connectivity index (χ1n) is 7.73. The predicted octanol–water partition coefficient (Wildman–Crippen LogP) is 2.77. The summed E-state index contributed by atoms with van der Waals surface area (Å²) in [5.74, 6) is 0.161. The lowest BCUT2D eigenvalue weighted by Gasteiger charge is -2.24. The minimum absolute atomic E-state index is 0.0169. The topological polar surface area (TPSA) is 57.3 Å². The van der Waals surface area contributed by atoms with Crippen molar-refractivity contribution in [1.29, 1.82) is 0 Å². The fourth-order valence-corrected chi connectivity index (χ4v) is 3.00. The highest BCUT2D eigenvalue weighted by Gasteiger charge is 2.31. The normalized spacial score (nSPS) is 18.0. The van der Waals surface area contributed by atoms with E-state index in [0.717, 1.165) is 38.2 Å². The van der Waals surface area contributed by atoms with Gasteiger partial charge in [0.2, 0.25) is 5.91 Å². The molecule has 0 aliphatic carbocycles. The molecule has 0 radical (unpaired) electrons. The molecule has 0 bridgehead atoms. The van der Waals surface area contributed by atoms with Crippen molar-refractivity contribution in [3.63, 3.8) is 0 Å². The summed E-state index contributed by atoms with van der Waals surface area (Å²) in [7, 11) is 1.85. The first-order valence-corrected chi connectivity index (χ1v) is 8.11. The number of carbonyl (C=O) groups excluding carboxylic acids is 1. The molecule has 1 amide bonds. The molecule has 1 aromatic heterocycles. The number of rotatable bonds is 6. The van der Waals surface area contributed by atoms with E-state index < -0.39 is 11.7 Å². The minimum Gasteiger partial charge on any atom is -0.368 e. The number of hydrogen-bond donors (Lipinski definition) is 2.